The van der Waals surface area contributed by atoms with Crippen LogP contribution in [0.1, 0.15) is 0 Å². The minimum Gasteiger partial charge on any atom is -0.382 e. The van der Waals surface area contributed by atoms with Crippen LogP contribution in [0.2, 0.25) is 0 Å². The fourth-order valence-corrected chi connectivity index (χ4v) is 3.39. The van der Waals surface area contributed by atoms with Gasteiger partial charge in [-0.3, -0.25) is 9.78 Å². The zero-order valence-corrected chi connectivity index (χ0v) is 18.3. The fourth-order valence-electron chi connectivity index (χ4n) is 3.39. The first-order valence-corrected chi connectivity index (χ1v) is 10.6. The highest BCUT2D eigenvalue weighted by Gasteiger charge is 2.10. The summed E-state index contributed by atoms with van der Waals surface area (Å²) in [6, 6.07) is 15.5. The van der Waals surface area contributed by atoms with Crippen LogP contribution in [0.15, 0.2) is 79.8 Å². The highest BCUT2D eigenvalue weighted by molar-refractivity contribution is 6.01. The second-order valence-electron chi connectivity index (χ2n) is 7.29. The Morgan fingerprint density at radius 1 is 1.06 bits per heavy atom. The van der Waals surface area contributed by atoms with Gasteiger partial charge in [0.2, 0.25) is 11.9 Å². The van der Waals surface area contributed by atoms with Crippen molar-refractivity contribution in [1.29, 1.82) is 0 Å². The van der Waals surface area contributed by atoms with Gasteiger partial charge in [0.25, 0.3) is 0 Å². The van der Waals surface area contributed by atoms with Gasteiger partial charge in [0, 0.05) is 53.9 Å². The topological polar surface area (TPSA) is 104 Å². The zero-order chi connectivity index (χ0) is 23.0. The monoisotopic (exact) mass is 439 g/mol. The normalized spacial score (nSPS) is 10.6. The Kier molecular flexibility index (Phi) is 6.87. The molecule has 4 aromatic rings. The first-order valence-electron chi connectivity index (χ1n) is 10.6. The summed E-state index contributed by atoms with van der Waals surface area (Å²) in [6.45, 7) is 5.04. The molecule has 4 N–H and O–H groups in total. The number of pyridine rings is 1. The molecule has 0 saturated heterocycles. The standard InChI is InChI=1S/C25H25N7O/c1-3-23(33)31-22-14-19(9-10-21(22)28-13-12-26-2)30-25-29-16-18-6-4-8-20(24(18)32-25)17-7-5-11-27-15-17/h3-11,14-16,26,28H,1,12-13H2,2H3,(H,31,33)(H,29,30,32). The summed E-state index contributed by atoms with van der Waals surface area (Å²) in [4.78, 5) is 25.4. The van der Waals surface area contributed by atoms with Crippen molar-refractivity contribution in [2.75, 3.05) is 36.1 Å². The van der Waals surface area contributed by atoms with Crippen LogP contribution >= 0.6 is 0 Å². The number of rotatable bonds is 9. The van der Waals surface area contributed by atoms with Crippen LogP contribution in [0.3, 0.4) is 0 Å². The quantitative estimate of drug-likeness (QED) is 0.229. The molecule has 0 atom stereocenters. The van der Waals surface area contributed by atoms with E-state index in [-0.39, 0.29) is 5.91 Å². The molecule has 0 radical (unpaired) electrons. The number of benzene rings is 2. The molecule has 33 heavy (non-hydrogen) atoms. The van der Waals surface area contributed by atoms with E-state index in [0.29, 0.717) is 18.2 Å². The molecule has 0 spiro atoms. The molecule has 0 bridgehead atoms. The molecule has 4 rings (SSSR count). The molecule has 0 aliphatic carbocycles. The molecule has 2 aromatic heterocycles. The molecule has 0 saturated carbocycles. The largest absolute Gasteiger partial charge is 0.382 e. The molecule has 166 valence electrons. The van der Waals surface area contributed by atoms with Crippen molar-refractivity contribution in [3.05, 3.63) is 79.8 Å². The molecular weight excluding hydrogens is 414 g/mol. The van der Waals surface area contributed by atoms with E-state index in [1.165, 1.54) is 6.08 Å². The maximum atomic E-state index is 11.9. The lowest BCUT2D eigenvalue weighted by Crippen LogP contribution is -2.19. The van der Waals surface area contributed by atoms with Gasteiger partial charge in [-0.25, -0.2) is 9.97 Å². The van der Waals surface area contributed by atoms with Crippen molar-refractivity contribution in [2.45, 2.75) is 0 Å². The third-order valence-electron chi connectivity index (χ3n) is 4.99. The van der Waals surface area contributed by atoms with E-state index in [1.54, 1.807) is 12.4 Å². The third kappa shape index (κ3) is 5.31. The second-order valence-corrected chi connectivity index (χ2v) is 7.29. The molecule has 2 heterocycles. The van der Waals surface area contributed by atoms with Gasteiger partial charge in [0.1, 0.15) is 0 Å². The summed E-state index contributed by atoms with van der Waals surface area (Å²) in [7, 11) is 1.89. The first-order chi connectivity index (χ1) is 16.2. The van der Waals surface area contributed by atoms with Crippen LogP contribution in [-0.4, -0.2) is 41.0 Å². The van der Waals surface area contributed by atoms with Crippen molar-refractivity contribution in [3.63, 3.8) is 0 Å². The Bertz CT molecular complexity index is 1270. The number of para-hydroxylation sites is 1. The van der Waals surface area contributed by atoms with Crippen molar-refractivity contribution < 1.29 is 4.79 Å². The van der Waals surface area contributed by atoms with Crippen LogP contribution in [0.5, 0.6) is 0 Å². The summed E-state index contributed by atoms with van der Waals surface area (Å²) in [5.74, 6) is 0.169. The average Bonchev–Trinajstić information content (AvgIpc) is 2.85. The summed E-state index contributed by atoms with van der Waals surface area (Å²) < 4.78 is 0. The van der Waals surface area contributed by atoms with Crippen LogP contribution < -0.4 is 21.3 Å². The zero-order valence-electron chi connectivity index (χ0n) is 18.3. The van der Waals surface area contributed by atoms with E-state index in [1.807, 2.05) is 61.8 Å². The Morgan fingerprint density at radius 2 is 1.97 bits per heavy atom. The lowest BCUT2D eigenvalue weighted by Gasteiger charge is -2.15. The Hall–Kier alpha value is -4.30. The summed E-state index contributed by atoms with van der Waals surface area (Å²) in [6.07, 6.45) is 6.59. The highest BCUT2D eigenvalue weighted by atomic mass is 16.1. The van der Waals surface area contributed by atoms with E-state index < -0.39 is 0 Å². The Labute approximate surface area is 192 Å². The fraction of sp³-hybridized carbons (Fsp3) is 0.120. The van der Waals surface area contributed by atoms with Crippen molar-refractivity contribution >= 4 is 39.8 Å². The van der Waals surface area contributed by atoms with Crippen LogP contribution in [0.4, 0.5) is 23.0 Å². The molecule has 0 aliphatic heterocycles. The minimum absolute atomic E-state index is 0.285. The molecule has 8 nitrogen and oxygen atoms in total. The Balaban J connectivity index is 1.65. The lowest BCUT2D eigenvalue weighted by molar-refractivity contribution is -0.111. The van der Waals surface area contributed by atoms with Gasteiger partial charge in [-0.2, -0.15) is 0 Å². The van der Waals surface area contributed by atoms with Crippen molar-refractivity contribution in [1.82, 2.24) is 20.3 Å². The van der Waals surface area contributed by atoms with Crippen LogP contribution in [-0.2, 0) is 4.79 Å². The maximum Gasteiger partial charge on any atom is 0.247 e. The summed E-state index contributed by atoms with van der Waals surface area (Å²) in [5, 5.41) is 13.4. The van der Waals surface area contributed by atoms with E-state index in [4.69, 9.17) is 4.98 Å². The number of carbonyl (C=O) groups excluding carboxylic acids is 1. The summed E-state index contributed by atoms with van der Waals surface area (Å²) in [5.41, 5.74) is 4.98. The van der Waals surface area contributed by atoms with E-state index >= 15 is 0 Å². The Morgan fingerprint density at radius 3 is 2.76 bits per heavy atom. The van der Waals surface area contributed by atoms with Gasteiger partial charge in [0.15, 0.2) is 0 Å². The number of likely N-dealkylation sites (N-methyl/N-ethyl adjacent to an activating group) is 1. The smallest absolute Gasteiger partial charge is 0.247 e. The van der Waals surface area contributed by atoms with Gasteiger partial charge < -0.3 is 21.3 Å². The predicted octanol–water partition coefficient (Wildman–Crippen LogP) is 4.19. The van der Waals surface area contributed by atoms with Crippen molar-refractivity contribution in [3.8, 4) is 11.1 Å². The number of hydrogen-bond donors (Lipinski definition) is 4. The van der Waals surface area contributed by atoms with E-state index in [2.05, 4.69) is 37.8 Å². The van der Waals surface area contributed by atoms with Gasteiger partial charge in [-0.15, -0.1) is 0 Å². The molecule has 1 amide bonds. The molecule has 2 aromatic carbocycles. The number of aromatic nitrogens is 3. The molecular formula is C25H25N7O. The number of nitrogens with zero attached hydrogens (tertiary/aromatic N) is 3. The van der Waals surface area contributed by atoms with Crippen LogP contribution in [0.25, 0.3) is 22.0 Å². The minimum atomic E-state index is -0.285. The van der Waals surface area contributed by atoms with Crippen LogP contribution in [0, 0.1) is 0 Å². The number of fused-ring (bicyclic) bond motifs is 1. The number of amides is 1. The first kappa shape index (κ1) is 21.9. The SMILES string of the molecule is C=CC(=O)Nc1cc(Nc2ncc3cccc(-c4cccnc4)c3n2)ccc1NCCNC. The van der Waals surface area contributed by atoms with Gasteiger partial charge in [0.05, 0.1) is 16.9 Å². The van der Waals surface area contributed by atoms with Crippen molar-refractivity contribution in [2.24, 2.45) is 0 Å². The maximum absolute atomic E-state index is 11.9. The van der Waals surface area contributed by atoms with Gasteiger partial charge in [-0.05, 0) is 37.4 Å². The molecule has 0 unspecified atom stereocenters. The highest BCUT2D eigenvalue weighted by Crippen LogP contribution is 2.29. The molecule has 8 heteroatoms. The van der Waals surface area contributed by atoms with Gasteiger partial charge in [-0.1, -0.05) is 30.8 Å². The van der Waals surface area contributed by atoms with E-state index in [9.17, 15) is 4.79 Å². The lowest BCUT2D eigenvalue weighted by atomic mass is 10.0. The average molecular weight is 440 g/mol. The third-order valence-corrected chi connectivity index (χ3v) is 4.99. The molecule has 0 aliphatic rings. The second kappa shape index (κ2) is 10.3. The number of nitrogens with one attached hydrogen (secondary N) is 4. The van der Waals surface area contributed by atoms with E-state index in [0.717, 1.165) is 39.9 Å². The van der Waals surface area contributed by atoms with Gasteiger partial charge >= 0.3 is 0 Å². The summed E-state index contributed by atoms with van der Waals surface area (Å²) >= 11 is 0. The molecule has 0 fully saturated rings. The number of hydrogen-bond acceptors (Lipinski definition) is 7. The number of carbonyl (C=O) groups is 1. The number of anilines is 4. The predicted molar refractivity (Wildman–Crippen MR) is 134 cm³/mol.